The maximum Gasteiger partial charge on any atom is 0.308 e. The first-order chi connectivity index (χ1) is 16.8. The highest BCUT2D eigenvalue weighted by Crippen LogP contribution is 2.45. The number of aromatic hydroxyl groups is 1. The molecule has 0 saturated heterocycles. The number of aliphatic imine (C=N–C) groups is 1. The molecule has 36 heavy (non-hydrogen) atoms. The second kappa shape index (κ2) is 12.3. The zero-order chi connectivity index (χ0) is 27.2. The molecule has 1 saturated carbocycles. The number of primary amides is 1. The number of benzene rings is 1. The van der Waals surface area contributed by atoms with E-state index in [-0.39, 0.29) is 53.0 Å². The number of Topliss-reactive ketones (excluding diaryl/α,β-unsaturated/α-hetero) is 1. The zero-order valence-electron chi connectivity index (χ0n) is 22.0. The minimum absolute atomic E-state index is 0.0581. The molecule has 3 atom stereocenters. The van der Waals surface area contributed by atoms with Crippen molar-refractivity contribution in [3.63, 3.8) is 0 Å². The van der Waals surface area contributed by atoms with Crippen molar-refractivity contribution in [2.45, 2.75) is 67.2 Å². The largest absolute Gasteiger partial charge is 0.507 e. The van der Waals surface area contributed by atoms with Crippen LogP contribution in [0.3, 0.4) is 0 Å². The lowest BCUT2D eigenvalue weighted by Gasteiger charge is -2.42. The Morgan fingerprint density at radius 3 is 2.58 bits per heavy atom. The first kappa shape index (κ1) is 29.3. The highest BCUT2D eigenvalue weighted by Gasteiger charge is 2.41. The van der Waals surface area contributed by atoms with Crippen LogP contribution in [0.5, 0.6) is 11.5 Å². The topological polar surface area (TPSA) is 119 Å². The Labute approximate surface area is 218 Å². The van der Waals surface area contributed by atoms with Crippen LogP contribution in [0.25, 0.3) is 0 Å². The fourth-order valence-corrected chi connectivity index (χ4v) is 4.66. The van der Waals surface area contributed by atoms with E-state index in [0.717, 1.165) is 12.0 Å². The number of rotatable bonds is 9. The van der Waals surface area contributed by atoms with Crippen LogP contribution in [0.4, 0.5) is 0 Å². The van der Waals surface area contributed by atoms with Gasteiger partial charge in [-0.1, -0.05) is 56.2 Å². The van der Waals surface area contributed by atoms with Crippen molar-refractivity contribution in [2.24, 2.45) is 28.0 Å². The lowest BCUT2D eigenvalue weighted by Crippen LogP contribution is -2.40. The summed E-state index contributed by atoms with van der Waals surface area (Å²) < 4.78 is 5.37. The summed E-state index contributed by atoms with van der Waals surface area (Å²) in [5.74, 6) is -0.417. The number of phenolic OH excluding ortho intramolecular Hbond substituents is 1. The summed E-state index contributed by atoms with van der Waals surface area (Å²) in [7, 11) is 0. The summed E-state index contributed by atoms with van der Waals surface area (Å²) in [4.78, 5) is 39.2. The highest BCUT2D eigenvalue weighted by molar-refractivity contribution is 6.33. The van der Waals surface area contributed by atoms with Crippen molar-refractivity contribution >= 4 is 35.5 Å². The van der Waals surface area contributed by atoms with Crippen molar-refractivity contribution in [3.05, 3.63) is 45.5 Å². The van der Waals surface area contributed by atoms with Gasteiger partial charge in [-0.3, -0.25) is 19.4 Å². The summed E-state index contributed by atoms with van der Waals surface area (Å²) in [6.45, 7) is 11.4. The molecule has 8 heteroatoms. The van der Waals surface area contributed by atoms with E-state index in [9.17, 15) is 19.5 Å². The monoisotopic (exact) mass is 516 g/mol. The number of phenols is 1. The molecular formula is C28H37ClN2O5. The van der Waals surface area contributed by atoms with Gasteiger partial charge in [-0.2, -0.15) is 0 Å². The number of allylic oxidation sites excluding steroid dienone is 4. The number of nitrogens with zero attached hydrogens (tertiary/aromatic N) is 1. The molecule has 2 rings (SSSR count). The molecular weight excluding hydrogens is 480 g/mol. The molecule has 0 unspecified atom stereocenters. The Morgan fingerprint density at radius 2 is 1.97 bits per heavy atom. The van der Waals surface area contributed by atoms with Gasteiger partial charge >= 0.3 is 5.97 Å². The molecule has 0 aromatic heterocycles. The number of nitrogens with two attached hydrogens (primary N) is 1. The summed E-state index contributed by atoms with van der Waals surface area (Å²) in [5.41, 5.74) is 7.07. The van der Waals surface area contributed by atoms with E-state index >= 15 is 0 Å². The van der Waals surface area contributed by atoms with Crippen LogP contribution in [0.2, 0.25) is 5.02 Å². The molecule has 1 fully saturated rings. The average molecular weight is 517 g/mol. The van der Waals surface area contributed by atoms with Gasteiger partial charge in [0.25, 0.3) is 0 Å². The Kier molecular flexibility index (Phi) is 10.1. The lowest BCUT2D eigenvalue weighted by atomic mass is 9.61. The van der Waals surface area contributed by atoms with E-state index in [0.29, 0.717) is 29.0 Å². The third kappa shape index (κ3) is 6.84. The number of ether oxygens (including phenoxy) is 1. The number of carbonyl (C=O) groups excluding carboxylic acids is 3. The quantitative estimate of drug-likeness (QED) is 0.201. The third-order valence-corrected chi connectivity index (χ3v) is 7.79. The van der Waals surface area contributed by atoms with Gasteiger partial charge in [0.15, 0.2) is 5.75 Å². The minimum atomic E-state index is -0.557. The maximum absolute atomic E-state index is 12.3. The summed E-state index contributed by atoms with van der Waals surface area (Å²) in [6.07, 6.45) is 9.28. The van der Waals surface area contributed by atoms with Crippen LogP contribution in [0.15, 0.2) is 28.8 Å². The van der Waals surface area contributed by atoms with Crippen molar-refractivity contribution in [1.82, 2.24) is 0 Å². The standard InChI is InChI=1S/C28H37ClN2O5/c1-16(11-13-28(6)17(2)8-10-23(33)19(28)4)7-9-21-26(35)22(15-31-14-12-24(30)34)18(3)25(29)27(21)36-20(5)32/h7,11,13,15,17,19,35H,8-10,12,14H2,1-6H3,(H2,30,34)/b13-11+,16-7+,31-15?/t17-,19+,28+/m1/s1. The van der Waals surface area contributed by atoms with Crippen molar-refractivity contribution in [1.29, 1.82) is 0 Å². The second-order valence-corrected chi connectivity index (χ2v) is 10.2. The van der Waals surface area contributed by atoms with Crippen LogP contribution in [-0.4, -0.2) is 35.5 Å². The van der Waals surface area contributed by atoms with Crippen molar-refractivity contribution in [3.8, 4) is 11.5 Å². The molecule has 1 aliphatic carbocycles. The molecule has 1 aliphatic rings. The molecule has 1 aromatic carbocycles. The lowest BCUT2D eigenvalue weighted by molar-refractivity contribution is -0.132. The van der Waals surface area contributed by atoms with Crippen LogP contribution in [0.1, 0.15) is 70.6 Å². The Balaban J connectivity index is 2.42. The number of ketones is 1. The van der Waals surface area contributed by atoms with Crippen molar-refractivity contribution < 1.29 is 24.2 Å². The van der Waals surface area contributed by atoms with Gasteiger partial charge in [0.1, 0.15) is 11.5 Å². The number of hydrogen-bond acceptors (Lipinski definition) is 6. The number of amides is 1. The summed E-state index contributed by atoms with van der Waals surface area (Å²) in [6, 6.07) is 0. The summed E-state index contributed by atoms with van der Waals surface area (Å²) >= 11 is 6.53. The van der Waals surface area contributed by atoms with Crippen LogP contribution >= 0.6 is 11.6 Å². The fraction of sp³-hybridized carbons (Fsp3) is 0.500. The maximum atomic E-state index is 12.3. The van der Waals surface area contributed by atoms with E-state index in [1.54, 1.807) is 6.92 Å². The predicted molar refractivity (Wildman–Crippen MR) is 143 cm³/mol. The molecule has 1 amide bonds. The Morgan fingerprint density at radius 1 is 1.31 bits per heavy atom. The average Bonchev–Trinajstić information content (AvgIpc) is 2.81. The van der Waals surface area contributed by atoms with Gasteiger partial charge in [0, 0.05) is 49.6 Å². The number of carbonyl (C=O) groups is 3. The molecule has 0 bridgehead atoms. The molecule has 0 radical (unpaired) electrons. The van der Waals surface area contributed by atoms with Crippen LogP contribution in [0, 0.1) is 24.2 Å². The molecule has 0 spiro atoms. The first-order valence-electron chi connectivity index (χ1n) is 12.2. The molecule has 7 nitrogen and oxygen atoms in total. The summed E-state index contributed by atoms with van der Waals surface area (Å²) in [5, 5.41) is 11.3. The van der Waals surface area contributed by atoms with Gasteiger partial charge < -0.3 is 15.6 Å². The van der Waals surface area contributed by atoms with E-state index < -0.39 is 11.9 Å². The van der Waals surface area contributed by atoms with E-state index in [1.807, 2.05) is 26.0 Å². The van der Waals surface area contributed by atoms with Gasteiger partial charge in [-0.05, 0) is 43.6 Å². The van der Waals surface area contributed by atoms with Gasteiger partial charge in [-0.15, -0.1) is 0 Å². The van der Waals surface area contributed by atoms with Gasteiger partial charge in [0.2, 0.25) is 5.91 Å². The Bertz CT molecular complexity index is 1120. The first-order valence-corrected chi connectivity index (χ1v) is 12.6. The molecule has 3 N–H and O–H groups in total. The van der Waals surface area contributed by atoms with E-state index in [2.05, 4.69) is 24.9 Å². The number of esters is 1. The molecule has 196 valence electrons. The van der Waals surface area contributed by atoms with Crippen LogP contribution < -0.4 is 10.5 Å². The fourth-order valence-electron chi connectivity index (χ4n) is 4.41. The zero-order valence-corrected chi connectivity index (χ0v) is 22.7. The predicted octanol–water partition coefficient (Wildman–Crippen LogP) is 5.26. The second-order valence-electron chi connectivity index (χ2n) is 9.83. The molecule has 1 aromatic rings. The normalized spacial score (nSPS) is 23.0. The molecule has 0 aliphatic heterocycles. The third-order valence-electron chi connectivity index (χ3n) is 7.34. The van der Waals surface area contributed by atoms with Crippen LogP contribution in [-0.2, 0) is 20.8 Å². The SMILES string of the molecule is CC(=O)Oc1c(Cl)c(C)c(C=NCCC(N)=O)c(O)c1C/C=C(C)/C=C/[C@@]1(C)[C@H](C)CCC(=O)[C@@H]1C. The number of hydrogen-bond donors (Lipinski definition) is 2. The van der Waals surface area contributed by atoms with E-state index in [4.69, 9.17) is 22.1 Å². The highest BCUT2D eigenvalue weighted by atomic mass is 35.5. The smallest absolute Gasteiger partial charge is 0.308 e. The van der Waals surface area contributed by atoms with Gasteiger partial charge in [0.05, 0.1) is 5.02 Å². The Hall–Kier alpha value is -2.93. The van der Waals surface area contributed by atoms with Gasteiger partial charge in [-0.25, -0.2) is 0 Å². The molecule has 0 heterocycles. The minimum Gasteiger partial charge on any atom is -0.507 e. The van der Waals surface area contributed by atoms with Crippen molar-refractivity contribution in [2.75, 3.05) is 6.54 Å². The number of halogens is 1. The van der Waals surface area contributed by atoms with E-state index in [1.165, 1.54) is 13.1 Å².